The summed E-state index contributed by atoms with van der Waals surface area (Å²) >= 11 is 0. The van der Waals surface area contributed by atoms with E-state index >= 15 is 0 Å². The molecule has 0 spiro atoms. The summed E-state index contributed by atoms with van der Waals surface area (Å²) in [6.45, 7) is 11.3. The highest BCUT2D eigenvalue weighted by Crippen LogP contribution is 2.19. The molecular weight excluding hydrogens is 234 g/mol. The van der Waals surface area contributed by atoms with Gasteiger partial charge in [0.1, 0.15) is 0 Å². The fraction of sp³-hybridized carbons (Fsp3) is 0.688. The van der Waals surface area contributed by atoms with Crippen LogP contribution in [0.2, 0.25) is 0 Å². The second-order valence-electron chi connectivity index (χ2n) is 6.11. The Morgan fingerprint density at radius 2 is 2.32 bits per heavy atom. The van der Waals surface area contributed by atoms with E-state index in [1.54, 1.807) is 0 Å². The highest BCUT2D eigenvalue weighted by atomic mass is 15.1. The van der Waals surface area contributed by atoms with Crippen molar-refractivity contribution in [1.29, 1.82) is 0 Å². The smallest absolute Gasteiger partial charge is 0.0315 e. The zero-order chi connectivity index (χ0) is 13.7. The van der Waals surface area contributed by atoms with Crippen molar-refractivity contribution in [1.82, 2.24) is 15.2 Å². The molecule has 1 aromatic heterocycles. The maximum Gasteiger partial charge on any atom is 0.0315 e. The van der Waals surface area contributed by atoms with Crippen molar-refractivity contribution in [2.24, 2.45) is 5.92 Å². The number of pyridine rings is 1. The molecule has 0 aromatic carbocycles. The van der Waals surface area contributed by atoms with Gasteiger partial charge >= 0.3 is 0 Å². The van der Waals surface area contributed by atoms with Crippen molar-refractivity contribution in [2.75, 3.05) is 19.6 Å². The zero-order valence-electron chi connectivity index (χ0n) is 12.5. The van der Waals surface area contributed by atoms with E-state index in [2.05, 4.69) is 42.0 Å². The fourth-order valence-electron chi connectivity index (χ4n) is 2.77. The van der Waals surface area contributed by atoms with Crippen LogP contribution in [0.3, 0.4) is 0 Å². The van der Waals surface area contributed by atoms with Crippen molar-refractivity contribution >= 4 is 0 Å². The molecule has 3 nitrogen and oxygen atoms in total. The lowest BCUT2D eigenvalue weighted by Crippen LogP contribution is -2.40. The average molecular weight is 261 g/mol. The van der Waals surface area contributed by atoms with Crippen LogP contribution >= 0.6 is 0 Å². The molecule has 3 heteroatoms. The first-order valence-electron chi connectivity index (χ1n) is 7.50. The van der Waals surface area contributed by atoms with Gasteiger partial charge in [-0.25, -0.2) is 0 Å². The third kappa shape index (κ3) is 4.59. The minimum Gasteiger partial charge on any atom is -0.314 e. The van der Waals surface area contributed by atoms with E-state index in [0.717, 1.165) is 19.0 Å². The molecule has 1 saturated heterocycles. The molecule has 2 heterocycles. The number of aryl methyl sites for hydroxylation is 1. The maximum absolute atomic E-state index is 4.25. The Balaban J connectivity index is 1.86. The van der Waals surface area contributed by atoms with Crippen LogP contribution in [0, 0.1) is 12.8 Å². The number of hydrogen-bond donors (Lipinski definition) is 1. The Kier molecular flexibility index (Phi) is 5.34. The fourth-order valence-corrected chi connectivity index (χ4v) is 2.77. The largest absolute Gasteiger partial charge is 0.314 e. The number of aromatic nitrogens is 1. The van der Waals surface area contributed by atoms with Gasteiger partial charge in [-0.1, -0.05) is 13.8 Å². The summed E-state index contributed by atoms with van der Waals surface area (Å²) in [5.41, 5.74) is 2.73. The molecule has 1 aliphatic heterocycles. The lowest BCUT2D eigenvalue weighted by atomic mass is 9.97. The number of hydrogen-bond acceptors (Lipinski definition) is 3. The summed E-state index contributed by atoms with van der Waals surface area (Å²) in [6, 6.07) is 2.70. The third-order valence-corrected chi connectivity index (χ3v) is 3.96. The maximum atomic E-state index is 4.25. The molecule has 19 heavy (non-hydrogen) atoms. The second-order valence-corrected chi connectivity index (χ2v) is 6.11. The van der Waals surface area contributed by atoms with Gasteiger partial charge in [0, 0.05) is 31.5 Å². The summed E-state index contributed by atoms with van der Waals surface area (Å²) in [6.07, 6.45) is 6.59. The molecule has 0 bridgehead atoms. The zero-order valence-corrected chi connectivity index (χ0v) is 12.5. The van der Waals surface area contributed by atoms with Gasteiger partial charge in [-0.2, -0.15) is 0 Å². The molecule has 1 unspecified atom stereocenters. The summed E-state index contributed by atoms with van der Waals surface area (Å²) in [5.74, 6) is 0.799. The van der Waals surface area contributed by atoms with Crippen LogP contribution in [-0.2, 0) is 6.54 Å². The van der Waals surface area contributed by atoms with Crippen molar-refractivity contribution in [3.05, 3.63) is 29.6 Å². The van der Waals surface area contributed by atoms with Crippen LogP contribution in [0.25, 0.3) is 0 Å². The van der Waals surface area contributed by atoms with E-state index in [9.17, 15) is 0 Å². The summed E-state index contributed by atoms with van der Waals surface area (Å²) < 4.78 is 0. The minimum absolute atomic E-state index is 0.593. The van der Waals surface area contributed by atoms with Crippen LogP contribution in [0.1, 0.15) is 37.8 Å². The van der Waals surface area contributed by atoms with Gasteiger partial charge in [-0.3, -0.25) is 9.88 Å². The highest BCUT2D eigenvalue weighted by Gasteiger charge is 2.20. The Bertz CT molecular complexity index is 389. The summed E-state index contributed by atoms with van der Waals surface area (Å²) in [7, 11) is 0. The van der Waals surface area contributed by atoms with Crippen LogP contribution in [-0.4, -0.2) is 35.6 Å². The quantitative estimate of drug-likeness (QED) is 0.883. The van der Waals surface area contributed by atoms with Gasteiger partial charge < -0.3 is 5.32 Å². The highest BCUT2D eigenvalue weighted by molar-refractivity contribution is 5.21. The Morgan fingerprint density at radius 1 is 1.47 bits per heavy atom. The SMILES string of the molecule is Cc1ccncc1CN1CCCC(CNC(C)C)C1. The Labute approximate surface area is 117 Å². The van der Waals surface area contributed by atoms with Crippen LogP contribution in [0.15, 0.2) is 18.5 Å². The molecule has 1 aromatic rings. The average Bonchev–Trinajstić information content (AvgIpc) is 2.40. The van der Waals surface area contributed by atoms with E-state index in [0.29, 0.717) is 6.04 Å². The minimum atomic E-state index is 0.593. The van der Waals surface area contributed by atoms with Gasteiger partial charge in [0.2, 0.25) is 0 Å². The molecule has 2 rings (SSSR count). The van der Waals surface area contributed by atoms with Crippen molar-refractivity contribution in [2.45, 2.75) is 46.2 Å². The second kappa shape index (κ2) is 7.01. The summed E-state index contributed by atoms with van der Waals surface area (Å²) in [5, 5.41) is 3.57. The number of likely N-dealkylation sites (tertiary alicyclic amines) is 1. The molecule has 1 N–H and O–H groups in total. The summed E-state index contributed by atoms with van der Waals surface area (Å²) in [4.78, 5) is 6.83. The first-order valence-corrected chi connectivity index (χ1v) is 7.50. The van der Waals surface area contributed by atoms with E-state index in [1.807, 2.05) is 12.4 Å². The standard InChI is InChI=1S/C16H27N3/c1-13(2)18-9-15-5-4-8-19(11-15)12-16-10-17-7-6-14(16)3/h6-7,10,13,15,18H,4-5,8-9,11-12H2,1-3H3. The van der Waals surface area contributed by atoms with Gasteiger partial charge in [-0.15, -0.1) is 0 Å². The van der Waals surface area contributed by atoms with E-state index < -0.39 is 0 Å². The Morgan fingerprint density at radius 3 is 3.05 bits per heavy atom. The molecule has 1 fully saturated rings. The van der Waals surface area contributed by atoms with Crippen molar-refractivity contribution < 1.29 is 0 Å². The van der Waals surface area contributed by atoms with Crippen LogP contribution in [0.4, 0.5) is 0 Å². The molecule has 106 valence electrons. The van der Waals surface area contributed by atoms with Crippen molar-refractivity contribution in [3.8, 4) is 0 Å². The van der Waals surface area contributed by atoms with E-state index in [-0.39, 0.29) is 0 Å². The molecule has 0 aliphatic carbocycles. The normalized spacial score (nSPS) is 20.9. The number of rotatable bonds is 5. The van der Waals surface area contributed by atoms with Gasteiger partial charge in [0.05, 0.1) is 0 Å². The first kappa shape index (κ1) is 14.5. The number of nitrogens with one attached hydrogen (secondary N) is 1. The van der Waals surface area contributed by atoms with E-state index in [1.165, 1.54) is 37.1 Å². The molecule has 1 atom stereocenters. The van der Waals surface area contributed by atoms with Crippen molar-refractivity contribution in [3.63, 3.8) is 0 Å². The molecule has 0 amide bonds. The molecule has 0 radical (unpaired) electrons. The van der Waals surface area contributed by atoms with Crippen LogP contribution in [0.5, 0.6) is 0 Å². The topological polar surface area (TPSA) is 28.2 Å². The lowest BCUT2D eigenvalue weighted by molar-refractivity contribution is 0.163. The predicted molar refractivity (Wildman–Crippen MR) is 80.1 cm³/mol. The van der Waals surface area contributed by atoms with Gasteiger partial charge in [0.25, 0.3) is 0 Å². The number of piperidine rings is 1. The molecule has 0 saturated carbocycles. The monoisotopic (exact) mass is 261 g/mol. The lowest BCUT2D eigenvalue weighted by Gasteiger charge is -2.33. The number of nitrogens with zero attached hydrogens (tertiary/aromatic N) is 2. The van der Waals surface area contributed by atoms with Gasteiger partial charge in [-0.05, 0) is 56.0 Å². The Hall–Kier alpha value is -0.930. The first-order chi connectivity index (χ1) is 9.15. The predicted octanol–water partition coefficient (Wildman–Crippen LogP) is 2.60. The van der Waals surface area contributed by atoms with Crippen LogP contribution < -0.4 is 5.32 Å². The molecule has 1 aliphatic rings. The van der Waals surface area contributed by atoms with E-state index in [4.69, 9.17) is 0 Å². The van der Waals surface area contributed by atoms with Gasteiger partial charge in [0.15, 0.2) is 0 Å². The molecular formula is C16H27N3. The third-order valence-electron chi connectivity index (χ3n) is 3.96.